The van der Waals surface area contributed by atoms with Gasteiger partial charge in [0.05, 0.1) is 0 Å². The Morgan fingerprint density at radius 1 is 1.29 bits per heavy atom. The molecule has 86 valence electrons. The van der Waals surface area contributed by atoms with Crippen molar-refractivity contribution in [3.63, 3.8) is 0 Å². The van der Waals surface area contributed by atoms with Crippen LogP contribution in [-0.2, 0) is 4.74 Å². The lowest BCUT2D eigenvalue weighted by Crippen LogP contribution is -1.96. The summed E-state index contributed by atoms with van der Waals surface area (Å²) in [4.78, 5) is 0. The van der Waals surface area contributed by atoms with Gasteiger partial charge in [-0.05, 0) is 39.0 Å². The van der Waals surface area contributed by atoms with E-state index >= 15 is 0 Å². The van der Waals surface area contributed by atoms with E-state index < -0.39 is 0 Å². The van der Waals surface area contributed by atoms with Crippen molar-refractivity contribution in [2.75, 3.05) is 20.8 Å². The summed E-state index contributed by atoms with van der Waals surface area (Å²) in [5.41, 5.74) is 1.39. The van der Waals surface area contributed by atoms with Gasteiger partial charge >= 0.3 is 0 Å². The Morgan fingerprint density at radius 3 is 2.14 bits per heavy atom. The molecule has 0 spiro atoms. The summed E-state index contributed by atoms with van der Waals surface area (Å²) in [6, 6.07) is 0. The first-order chi connectivity index (χ1) is 6.58. The van der Waals surface area contributed by atoms with Gasteiger partial charge in [0.2, 0.25) is 0 Å². The van der Waals surface area contributed by atoms with Crippen molar-refractivity contribution in [2.24, 2.45) is 5.92 Å². The molecule has 0 radical (unpaired) electrons. The van der Waals surface area contributed by atoms with E-state index in [-0.39, 0.29) is 0 Å². The smallest absolute Gasteiger partial charge is 0.0433 e. The summed E-state index contributed by atoms with van der Waals surface area (Å²) >= 11 is 0. The summed E-state index contributed by atoms with van der Waals surface area (Å²) in [6.07, 6.45) is 5.56. The molecule has 0 amide bonds. The van der Waals surface area contributed by atoms with Gasteiger partial charge in [-0.1, -0.05) is 18.6 Å². The zero-order valence-corrected chi connectivity index (χ0v) is 10.3. The van der Waals surface area contributed by atoms with Crippen LogP contribution in [-0.4, -0.2) is 25.9 Å². The van der Waals surface area contributed by atoms with Crippen LogP contribution in [0.25, 0.3) is 0 Å². The third-order valence-corrected chi connectivity index (χ3v) is 1.83. The number of aliphatic hydroxyl groups excluding tert-OH is 1. The minimum atomic E-state index is 0.329. The lowest BCUT2D eigenvalue weighted by Gasteiger charge is -2.06. The Balaban J connectivity index is 0. The van der Waals surface area contributed by atoms with Crippen LogP contribution in [0.5, 0.6) is 0 Å². The summed E-state index contributed by atoms with van der Waals surface area (Å²) in [5.74, 6) is 0.663. The van der Waals surface area contributed by atoms with Gasteiger partial charge in [0, 0.05) is 20.8 Å². The number of rotatable bonds is 5. The molecule has 1 N–H and O–H groups in total. The lowest BCUT2D eigenvalue weighted by molar-refractivity contribution is 0.259. The van der Waals surface area contributed by atoms with Crippen molar-refractivity contribution >= 4 is 0 Å². The monoisotopic (exact) mass is 202 g/mol. The van der Waals surface area contributed by atoms with Crippen LogP contribution in [0.3, 0.4) is 0 Å². The highest BCUT2D eigenvalue weighted by atomic mass is 16.4. The molecule has 0 heterocycles. The molecule has 0 saturated carbocycles. The number of hydrogen-bond acceptors (Lipinski definition) is 2. The van der Waals surface area contributed by atoms with Crippen LogP contribution in [0.4, 0.5) is 0 Å². The van der Waals surface area contributed by atoms with Gasteiger partial charge in [-0.25, -0.2) is 0 Å². The fourth-order valence-corrected chi connectivity index (χ4v) is 1.02. The van der Waals surface area contributed by atoms with Crippen LogP contribution < -0.4 is 0 Å². The molecule has 1 atom stereocenters. The zero-order chi connectivity index (χ0) is 11.4. The average molecular weight is 202 g/mol. The lowest BCUT2D eigenvalue weighted by atomic mass is 10.0. The molecule has 0 aliphatic carbocycles. The highest BCUT2D eigenvalue weighted by Gasteiger charge is 1.98. The van der Waals surface area contributed by atoms with Crippen LogP contribution in [0.1, 0.15) is 40.0 Å². The quantitative estimate of drug-likeness (QED) is 0.694. The van der Waals surface area contributed by atoms with E-state index in [0.29, 0.717) is 12.5 Å². The number of methoxy groups -OCH3 is 1. The SMILES string of the molecule is CC(C)=CCCC(C)CCO.COC. The minimum absolute atomic E-state index is 0.329. The first-order valence-corrected chi connectivity index (χ1v) is 5.22. The molecule has 0 rings (SSSR count). The highest BCUT2D eigenvalue weighted by Crippen LogP contribution is 2.10. The van der Waals surface area contributed by atoms with Gasteiger partial charge in [-0.15, -0.1) is 0 Å². The summed E-state index contributed by atoms with van der Waals surface area (Å²) in [5, 5.41) is 8.63. The van der Waals surface area contributed by atoms with Gasteiger partial charge in [-0.3, -0.25) is 0 Å². The summed E-state index contributed by atoms with van der Waals surface area (Å²) in [6.45, 7) is 6.76. The maximum atomic E-state index is 8.63. The fourth-order valence-electron chi connectivity index (χ4n) is 1.02. The van der Waals surface area contributed by atoms with E-state index in [0.717, 1.165) is 12.8 Å². The van der Waals surface area contributed by atoms with Gasteiger partial charge in [0.25, 0.3) is 0 Å². The number of ether oxygens (including phenoxy) is 1. The Hall–Kier alpha value is -0.340. The molecule has 2 heteroatoms. The largest absolute Gasteiger partial charge is 0.396 e. The van der Waals surface area contributed by atoms with Gasteiger partial charge in [-0.2, -0.15) is 0 Å². The summed E-state index contributed by atoms with van der Waals surface area (Å²) < 4.78 is 4.25. The second kappa shape index (κ2) is 12.7. The Bertz CT molecular complexity index is 126. The summed E-state index contributed by atoms with van der Waals surface area (Å²) in [7, 11) is 3.25. The molecule has 0 fully saturated rings. The van der Waals surface area contributed by atoms with Gasteiger partial charge in [0.1, 0.15) is 0 Å². The maximum absolute atomic E-state index is 8.63. The van der Waals surface area contributed by atoms with Gasteiger partial charge < -0.3 is 9.84 Å². The third kappa shape index (κ3) is 17.7. The molecule has 0 aromatic carbocycles. The standard InChI is InChI=1S/C10H20O.C2H6O/c1-9(2)5-4-6-10(3)7-8-11;1-3-2/h5,10-11H,4,6-8H2,1-3H3;1-2H3. The highest BCUT2D eigenvalue weighted by molar-refractivity contribution is 4.92. The van der Waals surface area contributed by atoms with Crippen molar-refractivity contribution in [2.45, 2.75) is 40.0 Å². The van der Waals surface area contributed by atoms with E-state index in [9.17, 15) is 0 Å². The van der Waals surface area contributed by atoms with Crippen molar-refractivity contribution in [3.05, 3.63) is 11.6 Å². The topological polar surface area (TPSA) is 29.5 Å². The molecule has 0 aromatic heterocycles. The van der Waals surface area contributed by atoms with Gasteiger partial charge in [0.15, 0.2) is 0 Å². The number of aliphatic hydroxyl groups is 1. The molecule has 14 heavy (non-hydrogen) atoms. The predicted octanol–water partition coefficient (Wildman–Crippen LogP) is 3.01. The maximum Gasteiger partial charge on any atom is 0.0433 e. The van der Waals surface area contributed by atoms with Crippen molar-refractivity contribution in [1.29, 1.82) is 0 Å². The normalized spacial score (nSPS) is 11.3. The van der Waals surface area contributed by atoms with E-state index in [1.807, 2.05) is 0 Å². The molecular formula is C12H26O2. The molecule has 0 aromatic rings. The van der Waals surface area contributed by atoms with Crippen LogP contribution >= 0.6 is 0 Å². The second-order valence-electron chi connectivity index (χ2n) is 3.88. The van der Waals surface area contributed by atoms with Crippen molar-refractivity contribution in [1.82, 2.24) is 0 Å². The first kappa shape index (κ1) is 16.1. The Kier molecular flexibility index (Phi) is 14.6. The Labute approximate surface area is 89.0 Å². The van der Waals surface area contributed by atoms with E-state index in [4.69, 9.17) is 5.11 Å². The van der Waals surface area contributed by atoms with Crippen LogP contribution in [0, 0.1) is 5.92 Å². The van der Waals surface area contributed by atoms with Crippen LogP contribution in [0.2, 0.25) is 0 Å². The molecule has 1 unspecified atom stereocenters. The number of hydrogen-bond donors (Lipinski definition) is 1. The third-order valence-electron chi connectivity index (χ3n) is 1.83. The van der Waals surface area contributed by atoms with E-state index in [1.54, 1.807) is 14.2 Å². The van der Waals surface area contributed by atoms with E-state index in [2.05, 4.69) is 31.6 Å². The predicted molar refractivity (Wildman–Crippen MR) is 62.5 cm³/mol. The first-order valence-electron chi connectivity index (χ1n) is 5.22. The molecule has 0 aliphatic heterocycles. The van der Waals surface area contributed by atoms with Crippen molar-refractivity contribution in [3.8, 4) is 0 Å². The van der Waals surface area contributed by atoms with E-state index in [1.165, 1.54) is 12.0 Å². The Morgan fingerprint density at radius 2 is 1.79 bits per heavy atom. The average Bonchev–Trinajstić information content (AvgIpc) is 2.05. The zero-order valence-electron chi connectivity index (χ0n) is 10.3. The molecule has 2 nitrogen and oxygen atoms in total. The fraction of sp³-hybridized carbons (Fsp3) is 0.833. The minimum Gasteiger partial charge on any atom is -0.396 e. The molecule has 0 saturated heterocycles. The van der Waals surface area contributed by atoms with Crippen molar-refractivity contribution < 1.29 is 9.84 Å². The second-order valence-corrected chi connectivity index (χ2v) is 3.88. The number of allylic oxidation sites excluding steroid dienone is 2. The molecule has 0 bridgehead atoms. The van der Waals surface area contributed by atoms with Crippen LogP contribution in [0.15, 0.2) is 11.6 Å². The molecular weight excluding hydrogens is 176 g/mol. The molecule has 0 aliphatic rings.